The Labute approximate surface area is 117 Å². The number of anilines is 3. The summed E-state index contributed by atoms with van der Waals surface area (Å²) in [6.07, 6.45) is -3.18. The highest BCUT2D eigenvalue weighted by Gasteiger charge is 2.29. The van der Waals surface area contributed by atoms with Crippen LogP contribution in [0.2, 0.25) is 0 Å². The second-order valence-corrected chi connectivity index (χ2v) is 4.13. The first-order valence-electron chi connectivity index (χ1n) is 5.71. The average Bonchev–Trinajstić information content (AvgIpc) is 2.40. The predicted octanol–water partition coefficient (Wildman–Crippen LogP) is 3.12. The number of nitrogens with one attached hydrogen (secondary N) is 1. The quantitative estimate of drug-likeness (QED) is 0.810. The number of nitrogens with zero attached hydrogens (tertiary/aromatic N) is 1. The highest BCUT2D eigenvalue weighted by atomic mass is 19.4. The van der Waals surface area contributed by atoms with Crippen molar-refractivity contribution in [1.82, 2.24) is 4.98 Å². The number of rotatable bonds is 3. The number of alkyl halides is 3. The first-order chi connectivity index (χ1) is 9.79. The molecular weight excluding hydrogens is 287 g/mol. The van der Waals surface area contributed by atoms with E-state index in [1.165, 1.54) is 24.4 Å². The van der Waals surface area contributed by atoms with Crippen LogP contribution < -0.4 is 11.1 Å². The molecule has 4 N–H and O–H groups in total. The molecule has 0 radical (unpaired) electrons. The number of carbonyl (C=O) groups is 1. The van der Waals surface area contributed by atoms with E-state index in [4.69, 9.17) is 10.8 Å². The molecule has 0 bridgehead atoms. The van der Waals surface area contributed by atoms with E-state index >= 15 is 0 Å². The van der Waals surface area contributed by atoms with Crippen molar-refractivity contribution in [2.45, 2.75) is 6.18 Å². The number of nitrogen functional groups attached to an aromatic ring is 1. The van der Waals surface area contributed by atoms with Crippen LogP contribution in [0.25, 0.3) is 0 Å². The molecule has 0 aliphatic rings. The predicted molar refractivity (Wildman–Crippen MR) is 70.3 cm³/mol. The van der Waals surface area contributed by atoms with Crippen LogP contribution in [0.4, 0.5) is 30.4 Å². The van der Waals surface area contributed by atoms with Crippen molar-refractivity contribution in [3.63, 3.8) is 0 Å². The molecule has 1 heterocycles. The van der Waals surface area contributed by atoms with Crippen LogP contribution in [0.15, 0.2) is 36.5 Å². The molecule has 0 saturated heterocycles. The van der Waals surface area contributed by atoms with E-state index in [-0.39, 0.29) is 17.1 Å². The third kappa shape index (κ3) is 3.22. The van der Waals surface area contributed by atoms with Gasteiger partial charge in [0.25, 0.3) is 0 Å². The van der Waals surface area contributed by atoms with Crippen LogP contribution in [0.5, 0.6) is 0 Å². The number of hydrogen-bond acceptors (Lipinski definition) is 4. The maximum absolute atomic E-state index is 12.4. The minimum Gasteiger partial charge on any atom is -0.478 e. The number of aromatic carboxylic acids is 1. The summed E-state index contributed by atoms with van der Waals surface area (Å²) < 4.78 is 37.3. The molecule has 5 nitrogen and oxygen atoms in total. The van der Waals surface area contributed by atoms with Gasteiger partial charge >= 0.3 is 12.1 Å². The minimum absolute atomic E-state index is 0.0645. The van der Waals surface area contributed by atoms with Crippen molar-refractivity contribution in [2.24, 2.45) is 0 Å². The molecule has 1 aromatic heterocycles. The molecule has 8 heteroatoms. The minimum atomic E-state index is -4.42. The Morgan fingerprint density at radius 1 is 1.19 bits per heavy atom. The van der Waals surface area contributed by atoms with Crippen LogP contribution in [0, 0.1) is 0 Å². The van der Waals surface area contributed by atoms with Crippen molar-refractivity contribution in [3.8, 4) is 0 Å². The van der Waals surface area contributed by atoms with Crippen LogP contribution in [0.3, 0.4) is 0 Å². The Kier molecular flexibility index (Phi) is 3.70. The molecule has 0 unspecified atom stereocenters. The molecular formula is C13H10F3N3O2. The Bertz CT molecular complexity index is 669. The number of pyridine rings is 1. The Balaban J connectivity index is 2.27. The Morgan fingerprint density at radius 2 is 1.81 bits per heavy atom. The number of benzene rings is 1. The van der Waals surface area contributed by atoms with Gasteiger partial charge in [-0.15, -0.1) is 0 Å². The standard InChI is InChI=1S/C13H10F3N3O2/c14-13(15,16)7-1-3-8(4-2-7)19-11-10(17)9(12(20)21)5-6-18-11/h1-6H,17H2,(H,18,19)(H,20,21). The van der Waals surface area contributed by atoms with Gasteiger partial charge in [0.05, 0.1) is 16.8 Å². The van der Waals surface area contributed by atoms with E-state index in [0.717, 1.165) is 12.1 Å². The first kappa shape index (κ1) is 14.6. The lowest BCUT2D eigenvalue weighted by molar-refractivity contribution is -0.137. The molecule has 21 heavy (non-hydrogen) atoms. The fourth-order valence-electron chi connectivity index (χ4n) is 1.64. The summed E-state index contributed by atoms with van der Waals surface area (Å²) in [5.41, 5.74) is 4.94. The number of hydrogen-bond donors (Lipinski definition) is 3. The van der Waals surface area contributed by atoms with E-state index in [0.29, 0.717) is 5.69 Å². The van der Waals surface area contributed by atoms with Crippen LogP contribution in [-0.4, -0.2) is 16.1 Å². The molecule has 2 rings (SSSR count). The molecule has 1 aromatic carbocycles. The smallest absolute Gasteiger partial charge is 0.416 e. The van der Waals surface area contributed by atoms with Crippen molar-refractivity contribution < 1.29 is 23.1 Å². The van der Waals surface area contributed by atoms with Crippen molar-refractivity contribution in [2.75, 3.05) is 11.1 Å². The highest BCUT2D eigenvalue weighted by Crippen LogP contribution is 2.31. The highest BCUT2D eigenvalue weighted by molar-refractivity contribution is 5.96. The molecule has 0 spiro atoms. The normalized spacial score (nSPS) is 11.2. The first-order valence-corrected chi connectivity index (χ1v) is 5.71. The van der Waals surface area contributed by atoms with Gasteiger partial charge in [-0.2, -0.15) is 13.2 Å². The molecule has 0 amide bonds. The average molecular weight is 297 g/mol. The topological polar surface area (TPSA) is 88.2 Å². The lowest BCUT2D eigenvalue weighted by Crippen LogP contribution is -2.07. The molecule has 0 atom stereocenters. The van der Waals surface area contributed by atoms with Crippen molar-refractivity contribution in [1.29, 1.82) is 0 Å². The van der Waals surface area contributed by atoms with Crippen LogP contribution in [0.1, 0.15) is 15.9 Å². The number of nitrogens with two attached hydrogens (primary N) is 1. The summed E-state index contributed by atoms with van der Waals surface area (Å²) in [5, 5.41) is 11.6. The van der Waals surface area contributed by atoms with E-state index < -0.39 is 17.7 Å². The summed E-state index contributed by atoms with van der Waals surface area (Å²) in [5.74, 6) is -1.15. The fraction of sp³-hybridized carbons (Fsp3) is 0.0769. The zero-order chi connectivity index (χ0) is 15.6. The van der Waals surface area contributed by atoms with Gasteiger partial charge in [0.1, 0.15) is 0 Å². The molecule has 2 aromatic rings. The number of halogens is 3. The van der Waals surface area contributed by atoms with E-state index in [2.05, 4.69) is 10.3 Å². The summed E-state index contributed by atoms with van der Waals surface area (Å²) in [7, 11) is 0. The largest absolute Gasteiger partial charge is 0.478 e. The van der Waals surface area contributed by atoms with Gasteiger partial charge in [0.15, 0.2) is 5.82 Å². The van der Waals surface area contributed by atoms with Gasteiger partial charge < -0.3 is 16.2 Å². The van der Waals surface area contributed by atoms with E-state index in [9.17, 15) is 18.0 Å². The van der Waals surface area contributed by atoms with E-state index in [1.807, 2.05) is 0 Å². The summed E-state index contributed by atoms with van der Waals surface area (Å²) in [4.78, 5) is 14.8. The third-order valence-corrected chi connectivity index (χ3v) is 2.70. The number of carboxylic acid groups (broad SMARTS) is 1. The number of aromatic nitrogens is 1. The summed E-state index contributed by atoms with van der Waals surface area (Å²) in [6, 6.07) is 5.45. The summed E-state index contributed by atoms with van der Waals surface area (Å²) in [6.45, 7) is 0. The lowest BCUT2D eigenvalue weighted by Gasteiger charge is -2.11. The van der Waals surface area contributed by atoms with Gasteiger partial charge in [-0.1, -0.05) is 0 Å². The molecule has 0 fully saturated rings. The van der Waals surface area contributed by atoms with Crippen molar-refractivity contribution in [3.05, 3.63) is 47.7 Å². The zero-order valence-electron chi connectivity index (χ0n) is 10.5. The van der Waals surface area contributed by atoms with Gasteiger partial charge in [0, 0.05) is 11.9 Å². The SMILES string of the molecule is Nc1c(C(=O)O)ccnc1Nc1ccc(C(F)(F)F)cc1. The van der Waals surface area contributed by atoms with Gasteiger partial charge in [-0.25, -0.2) is 9.78 Å². The van der Waals surface area contributed by atoms with Gasteiger partial charge in [-0.3, -0.25) is 0 Å². The lowest BCUT2D eigenvalue weighted by atomic mass is 10.2. The van der Waals surface area contributed by atoms with Crippen LogP contribution in [-0.2, 0) is 6.18 Å². The van der Waals surface area contributed by atoms with Crippen LogP contribution >= 0.6 is 0 Å². The Morgan fingerprint density at radius 3 is 2.33 bits per heavy atom. The van der Waals surface area contributed by atoms with Crippen molar-refractivity contribution >= 4 is 23.2 Å². The Hall–Kier alpha value is -2.77. The maximum atomic E-state index is 12.4. The van der Waals surface area contributed by atoms with E-state index in [1.54, 1.807) is 0 Å². The monoisotopic (exact) mass is 297 g/mol. The second-order valence-electron chi connectivity index (χ2n) is 4.13. The van der Waals surface area contributed by atoms with Gasteiger partial charge in [0.2, 0.25) is 0 Å². The fourth-order valence-corrected chi connectivity index (χ4v) is 1.64. The molecule has 0 saturated carbocycles. The second kappa shape index (κ2) is 5.31. The maximum Gasteiger partial charge on any atom is 0.416 e. The summed E-state index contributed by atoms with van der Waals surface area (Å²) >= 11 is 0. The molecule has 0 aliphatic heterocycles. The molecule has 110 valence electrons. The molecule has 0 aliphatic carbocycles. The van der Waals surface area contributed by atoms with Gasteiger partial charge in [-0.05, 0) is 30.3 Å². The number of carboxylic acids is 1. The third-order valence-electron chi connectivity index (χ3n) is 2.70. The zero-order valence-corrected chi connectivity index (χ0v) is 10.5.